The highest BCUT2D eigenvalue weighted by molar-refractivity contribution is 5.92. The van der Waals surface area contributed by atoms with Gasteiger partial charge in [-0.05, 0) is 0 Å². The molecule has 0 aromatic heterocycles. The lowest BCUT2D eigenvalue weighted by Crippen LogP contribution is -2.29. The second-order valence-corrected chi connectivity index (χ2v) is 7.91. The van der Waals surface area contributed by atoms with Crippen LogP contribution in [0.5, 0.6) is 0 Å². The van der Waals surface area contributed by atoms with Crippen molar-refractivity contribution >= 4 is 11.1 Å². The van der Waals surface area contributed by atoms with Crippen LogP contribution >= 0.6 is 0 Å². The SMILES string of the molecule is N#CC(C#N)=c1c(C#N)c(-c2c(F)c(F)c(C#N)c(F)c2F)c(=C(C#N)C#N)c(C#N)c1-c1c(F)c(F)c(C#N)c(F)c1F. The van der Waals surface area contributed by atoms with E-state index in [2.05, 4.69) is 0 Å². The van der Waals surface area contributed by atoms with E-state index < -0.39 is 113 Å². The first kappa shape index (κ1) is 31.3. The van der Waals surface area contributed by atoms with Crippen LogP contribution in [0.4, 0.5) is 35.1 Å². The first-order valence-electron chi connectivity index (χ1n) is 10.8. The van der Waals surface area contributed by atoms with E-state index in [1.165, 1.54) is 0 Å². The topological polar surface area (TPSA) is 190 Å². The van der Waals surface area contributed by atoms with Gasteiger partial charge in [-0.3, -0.25) is 0 Å². The normalized spacial score (nSPS) is 9.64. The van der Waals surface area contributed by atoms with Gasteiger partial charge in [0.05, 0.1) is 22.3 Å². The number of nitriles is 8. The molecule has 0 heterocycles. The number of benzene rings is 3. The van der Waals surface area contributed by atoms with Crippen LogP contribution in [0.2, 0.25) is 0 Å². The molecule has 44 heavy (non-hydrogen) atoms. The van der Waals surface area contributed by atoms with Crippen LogP contribution in [-0.2, 0) is 0 Å². The van der Waals surface area contributed by atoms with Crippen LogP contribution in [0.1, 0.15) is 22.3 Å². The monoisotopic (exact) mass is 600 g/mol. The Labute approximate surface area is 238 Å². The minimum atomic E-state index is -2.47. The first-order chi connectivity index (χ1) is 20.9. The molecule has 3 rings (SSSR count). The van der Waals surface area contributed by atoms with Gasteiger partial charge < -0.3 is 0 Å². The van der Waals surface area contributed by atoms with E-state index in [1.54, 1.807) is 0 Å². The van der Waals surface area contributed by atoms with Gasteiger partial charge in [-0.2, -0.15) is 42.1 Å². The summed E-state index contributed by atoms with van der Waals surface area (Å²) in [4.78, 5) is 0. The molecule has 0 aliphatic rings. The zero-order valence-corrected chi connectivity index (χ0v) is 20.6. The summed E-state index contributed by atoms with van der Waals surface area (Å²) in [6.45, 7) is 0. The second-order valence-electron chi connectivity index (χ2n) is 7.91. The van der Waals surface area contributed by atoms with Crippen LogP contribution in [0.15, 0.2) is 0 Å². The molecule has 0 aliphatic heterocycles. The Morgan fingerprint density at radius 2 is 0.545 bits per heavy atom. The van der Waals surface area contributed by atoms with Crippen molar-refractivity contribution in [3.63, 3.8) is 0 Å². The van der Waals surface area contributed by atoms with E-state index in [4.69, 9.17) is 10.5 Å². The average molecular weight is 600 g/mol. The molecule has 16 heteroatoms. The molecule has 0 spiro atoms. The van der Waals surface area contributed by atoms with Crippen molar-refractivity contribution in [2.75, 3.05) is 0 Å². The summed E-state index contributed by atoms with van der Waals surface area (Å²) in [5.74, 6) is -19.5. The van der Waals surface area contributed by atoms with Gasteiger partial charge in [-0.1, -0.05) is 0 Å². The zero-order chi connectivity index (χ0) is 33.2. The molecule has 0 saturated carbocycles. The maximum absolute atomic E-state index is 15.3. The van der Waals surface area contributed by atoms with Gasteiger partial charge in [0.25, 0.3) is 0 Å². The molecule has 0 saturated heterocycles. The maximum atomic E-state index is 15.3. The van der Waals surface area contributed by atoms with Gasteiger partial charge in [0.15, 0.2) is 46.5 Å². The summed E-state index contributed by atoms with van der Waals surface area (Å²) in [6.07, 6.45) is 0. The fourth-order valence-corrected chi connectivity index (χ4v) is 4.15. The predicted octanol–water partition coefficient (Wildman–Crippen LogP) is 4.02. The molecule has 0 aliphatic carbocycles. The maximum Gasteiger partial charge on any atom is 0.180 e. The fraction of sp³-hybridized carbons (Fsp3) is 0. The minimum Gasteiger partial charge on any atom is -0.203 e. The molecule has 0 radical (unpaired) electrons. The zero-order valence-electron chi connectivity index (χ0n) is 20.6. The molecule has 0 N–H and O–H groups in total. The van der Waals surface area contributed by atoms with E-state index in [0.717, 1.165) is 48.6 Å². The third kappa shape index (κ3) is 4.23. The molecule has 0 bridgehead atoms. The van der Waals surface area contributed by atoms with Gasteiger partial charge in [-0.15, -0.1) is 0 Å². The standard InChI is InChI=1S/C28F8N8/c29-21-13(7-43)22(30)26(34)19(25(21)33)17-12(6-42)16(10(3-39)4-40)18(11(5-41)15(17)9(1-37)2-38)20-27(35)23(31)14(8-44)24(32)28(20)36. The molecule has 0 atom stereocenters. The Morgan fingerprint density at radius 3 is 0.727 bits per heavy atom. The number of hydrogen-bond donors (Lipinski definition) is 0. The van der Waals surface area contributed by atoms with Crippen molar-refractivity contribution < 1.29 is 35.1 Å². The predicted molar refractivity (Wildman–Crippen MR) is 124 cm³/mol. The molecular weight excluding hydrogens is 600 g/mol. The lowest BCUT2D eigenvalue weighted by Gasteiger charge is -2.18. The summed E-state index contributed by atoms with van der Waals surface area (Å²) in [6, 6.07) is 8.38. The summed E-state index contributed by atoms with van der Waals surface area (Å²) in [7, 11) is 0. The van der Waals surface area contributed by atoms with Crippen molar-refractivity contribution in [1.29, 1.82) is 42.1 Å². The van der Waals surface area contributed by atoms with Crippen molar-refractivity contribution in [3.05, 3.63) is 79.2 Å². The van der Waals surface area contributed by atoms with Crippen molar-refractivity contribution in [2.24, 2.45) is 0 Å². The largest absolute Gasteiger partial charge is 0.203 e. The summed E-state index contributed by atoms with van der Waals surface area (Å²) in [5.41, 5.74) is -16.9. The van der Waals surface area contributed by atoms with Gasteiger partial charge >= 0.3 is 0 Å². The van der Waals surface area contributed by atoms with Crippen LogP contribution in [-0.4, -0.2) is 0 Å². The Hall–Kier alpha value is -7.24. The molecular formula is C28F8N8. The quantitative estimate of drug-likeness (QED) is 0.311. The third-order valence-electron chi connectivity index (χ3n) is 5.92. The van der Waals surface area contributed by atoms with Gasteiger partial charge in [-0.25, -0.2) is 35.1 Å². The molecule has 3 aromatic rings. The Morgan fingerprint density at radius 1 is 0.318 bits per heavy atom. The van der Waals surface area contributed by atoms with E-state index in [-0.39, 0.29) is 0 Å². The molecule has 8 nitrogen and oxygen atoms in total. The minimum absolute atomic E-state index is 0.821. The first-order valence-corrected chi connectivity index (χ1v) is 10.8. The fourth-order valence-electron chi connectivity index (χ4n) is 4.15. The lowest BCUT2D eigenvalue weighted by atomic mass is 9.83. The highest BCUT2D eigenvalue weighted by Crippen LogP contribution is 2.36. The number of nitrogens with zero attached hydrogens (tertiary/aromatic N) is 8. The van der Waals surface area contributed by atoms with Crippen LogP contribution < -0.4 is 10.4 Å². The Balaban J connectivity index is 3.13. The van der Waals surface area contributed by atoms with E-state index in [1.807, 2.05) is 0 Å². The molecule has 0 fully saturated rings. The molecule has 208 valence electrons. The second kappa shape index (κ2) is 11.7. The number of halogens is 8. The number of rotatable bonds is 2. The average Bonchev–Trinajstić information content (AvgIpc) is 3.02. The summed E-state index contributed by atoms with van der Waals surface area (Å²) >= 11 is 0. The van der Waals surface area contributed by atoms with Crippen molar-refractivity contribution in [1.82, 2.24) is 0 Å². The van der Waals surface area contributed by atoms with Gasteiger partial charge in [0.2, 0.25) is 0 Å². The summed E-state index contributed by atoms with van der Waals surface area (Å²) in [5, 5.41) is 73.2. The highest BCUT2D eigenvalue weighted by atomic mass is 19.2. The number of hydrogen-bond acceptors (Lipinski definition) is 8. The van der Waals surface area contributed by atoms with Crippen LogP contribution in [0, 0.1) is 137 Å². The van der Waals surface area contributed by atoms with Crippen LogP contribution in [0.3, 0.4) is 0 Å². The molecule has 0 amide bonds. The molecule has 3 aromatic carbocycles. The van der Waals surface area contributed by atoms with Gasteiger partial charge in [0, 0.05) is 21.6 Å². The van der Waals surface area contributed by atoms with Crippen LogP contribution in [0.25, 0.3) is 33.4 Å². The Kier molecular flexibility index (Phi) is 8.32. The molecule has 0 unspecified atom stereocenters. The smallest absolute Gasteiger partial charge is 0.180 e. The van der Waals surface area contributed by atoms with E-state index >= 15 is 17.6 Å². The lowest BCUT2D eigenvalue weighted by molar-refractivity contribution is 0.454. The van der Waals surface area contributed by atoms with E-state index in [9.17, 15) is 49.1 Å². The van der Waals surface area contributed by atoms with E-state index in [0.29, 0.717) is 0 Å². The van der Waals surface area contributed by atoms with Crippen molar-refractivity contribution in [2.45, 2.75) is 0 Å². The Bertz CT molecular complexity index is 2100. The highest BCUT2D eigenvalue weighted by Gasteiger charge is 2.35. The third-order valence-corrected chi connectivity index (χ3v) is 5.92. The van der Waals surface area contributed by atoms with Crippen molar-refractivity contribution in [3.8, 4) is 70.8 Å². The summed E-state index contributed by atoms with van der Waals surface area (Å²) < 4.78 is 120. The van der Waals surface area contributed by atoms with Gasteiger partial charge in [0.1, 0.15) is 70.8 Å².